The number of carbonyl (C=O) groups excluding carboxylic acids is 8. The first-order chi connectivity index (χ1) is 37.6. The van der Waals surface area contributed by atoms with Gasteiger partial charge in [0, 0.05) is 90.5 Å². The van der Waals surface area contributed by atoms with Crippen LogP contribution in [0, 0.1) is 0 Å². The van der Waals surface area contributed by atoms with E-state index in [0.717, 1.165) is 88.2 Å². The summed E-state index contributed by atoms with van der Waals surface area (Å²) in [5.74, 6) is 0.419. The van der Waals surface area contributed by atoms with Crippen molar-refractivity contribution in [3.05, 3.63) is 108 Å². The maximum Gasteiger partial charge on any atom is 0.243 e. The Labute approximate surface area is 459 Å². The van der Waals surface area contributed by atoms with Crippen LogP contribution in [0.2, 0.25) is 0 Å². The van der Waals surface area contributed by atoms with E-state index in [2.05, 4.69) is 21.3 Å². The van der Waals surface area contributed by atoms with Gasteiger partial charge in [-0.2, -0.15) is 0 Å². The number of nitrogens with zero attached hydrogens (tertiary/aromatic N) is 4. The standard InChI is InChI=1S/C60H80N8O10/c1-45(69)65-35-13-9-5-7-11-15-37-67(47(3)71)43-59(75)63-52-20-18-22-56(40-52)78-54-29-25-50(26-30-54)32-34-62-58(74)42-66(46(2)70)36-14-10-6-8-12-16-38-68(48(4)72)44-60(76)64-51-19-17-21-55(39-51)77-53-27-23-49(24-28-53)31-33-61-57(73)41-65/h17-30,39-40H,5-16,31-38,41-44H2,1-4H3,(H,61,73)(H,62,74)(H,63,75)(H,64,76). The van der Waals surface area contributed by atoms with Crippen LogP contribution in [0.4, 0.5) is 11.4 Å². The van der Waals surface area contributed by atoms with E-state index >= 15 is 0 Å². The lowest BCUT2D eigenvalue weighted by molar-refractivity contribution is -0.134. The highest BCUT2D eigenvalue weighted by Crippen LogP contribution is 2.26. The highest BCUT2D eigenvalue weighted by molar-refractivity contribution is 5.95. The molecule has 0 atom stereocenters. The van der Waals surface area contributed by atoms with Crippen LogP contribution >= 0.6 is 0 Å². The van der Waals surface area contributed by atoms with Crippen LogP contribution in [0.5, 0.6) is 23.0 Å². The van der Waals surface area contributed by atoms with Crippen molar-refractivity contribution in [2.24, 2.45) is 0 Å². The average Bonchev–Trinajstić information content (AvgIpc) is 3.40. The first kappa shape index (κ1) is 61.1. The predicted molar refractivity (Wildman–Crippen MR) is 301 cm³/mol. The summed E-state index contributed by atoms with van der Waals surface area (Å²) in [6.07, 6.45) is 11.4. The van der Waals surface area contributed by atoms with Crippen LogP contribution < -0.4 is 30.7 Å². The molecule has 0 radical (unpaired) electrons. The monoisotopic (exact) mass is 1070 g/mol. The third kappa shape index (κ3) is 23.6. The molecule has 78 heavy (non-hydrogen) atoms. The second-order valence-electron chi connectivity index (χ2n) is 19.8. The topological polar surface area (TPSA) is 216 Å². The summed E-state index contributed by atoms with van der Waals surface area (Å²) in [6, 6.07) is 29.0. The Morgan fingerprint density at radius 2 is 0.667 bits per heavy atom. The summed E-state index contributed by atoms with van der Waals surface area (Å²) >= 11 is 0. The number of nitrogens with one attached hydrogen (secondary N) is 4. The molecule has 420 valence electrons. The van der Waals surface area contributed by atoms with Gasteiger partial charge in [-0.15, -0.1) is 0 Å². The molecular weight excluding hydrogens is 993 g/mol. The van der Waals surface area contributed by atoms with Gasteiger partial charge in [-0.05, 0) is 98.2 Å². The molecule has 0 unspecified atom stereocenters. The highest BCUT2D eigenvalue weighted by atomic mass is 16.5. The van der Waals surface area contributed by atoms with E-state index in [1.807, 2.05) is 48.5 Å². The van der Waals surface area contributed by atoms with Gasteiger partial charge in [0.15, 0.2) is 0 Å². The third-order valence-corrected chi connectivity index (χ3v) is 13.4. The number of anilines is 2. The summed E-state index contributed by atoms with van der Waals surface area (Å²) in [7, 11) is 0. The predicted octanol–water partition coefficient (Wildman–Crippen LogP) is 8.25. The zero-order valence-electron chi connectivity index (χ0n) is 46.1. The van der Waals surface area contributed by atoms with Crippen molar-refractivity contribution in [3.8, 4) is 23.0 Å². The number of amides is 8. The van der Waals surface area contributed by atoms with Crippen molar-refractivity contribution < 1.29 is 47.8 Å². The second-order valence-corrected chi connectivity index (χ2v) is 19.8. The zero-order valence-corrected chi connectivity index (χ0v) is 46.1. The molecule has 0 saturated heterocycles. The summed E-state index contributed by atoms with van der Waals surface area (Å²) in [4.78, 5) is 108. The van der Waals surface area contributed by atoms with Gasteiger partial charge in [-0.25, -0.2) is 0 Å². The van der Waals surface area contributed by atoms with Crippen LogP contribution in [0.15, 0.2) is 97.1 Å². The lowest BCUT2D eigenvalue weighted by Gasteiger charge is -2.21. The van der Waals surface area contributed by atoms with Crippen LogP contribution in [0.3, 0.4) is 0 Å². The van der Waals surface area contributed by atoms with E-state index in [9.17, 15) is 38.4 Å². The molecule has 4 heterocycles. The SMILES string of the molecule is CC(=O)N1CCCCCCCCN(C(C)=O)CC(=O)Nc2cccc(c2)Oc2ccc(cc2)CCNC(=O)CN(C(C)=O)CCCCCCCCN(C(C)=O)CC(=O)Nc2cccc(c2)Oc2ccc(cc2)CCNC(=O)C1. The fourth-order valence-electron chi connectivity index (χ4n) is 8.91. The van der Waals surface area contributed by atoms with Gasteiger partial charge in [0.2, 0.25) is 47.3 Å². The molecule has 0 fully saturated rings. The van der Waals surface area contributed by atoms with Crippen molar-refractivity contribution >= 4 is 58.6 Å². The molecule has 8 amide bonds. The van der Waals surface area contributed by atoms with Crippen LogP contribution in [-0.2, 0) is 51.2 Å². The normalized spacial score (nSPS) is 17.1. The molecule has 4 aromatic rings. The molecule has 8 bridgehead atoms. The molecule has 18 nitrogen and oxygen atoms in total. The minimum absolute atomic E-state index is 0.0193. The molecule has 4 aliphatic heterocycles. The lowest BCUT2D eigenvalue weighted by Crippen LogP contribution is -2.40. The maximum absolute atomic E-state index is 13.1. The Kier molecular flexibility index (Phi) is 26.2. The summed E-state index contributed by atoms with van der Waals surface area (Å²) < 4.78 is 12.1. The number of hydrogen-bond donors (Lipinski definition) is 4. The molecule has 8 rings (SSSR count). The Hall–Kier alpha value is -7.76. The number of hydrogen-bond acceptors (Lipinski definition) is 10. The molecule has 0 spiro atoms. The Morgan fingerprint density at radius 3 is 0.974 bits per heavy atom. The van der Waals surface area contributed by atoms with E-state index in [1.165, 1.54) is 37.5 Å². The van der Waals surface area contributed by atoms with E-state index in [0.29, 0.717) is 86.5 Å². The van der Waals surface area contributed by atoms with Crippen LogP contribution in [0.25, 0.3) is 0 Å². The largest absolute Gasteiger partial charge is 0.457 e. The quantitative estimate of drug-likeness (QED) is 0.132. The van der Waals surface area contributed by atoms with Gasteiger partial charge in [0.1, 0.15) is 23.0 Å². The summed E-state index contributed by atoms with van der Waals surface area (Å²) in [6.45, 7) is 8.27. The molecule has 0 saturated carbocycles. The first-order valence-electron chi connectivity index (χ1n) is 27.5. The minimum atomic E-state index is -0.321. The van der Waals surface area contributed by atoms with Gasteiger partial charge in [0.25, 0.3) is 0 Å². The average molecular weight is 1070 g/mol. The highest BCUT2D eigenvalue weighted by Gasteiger charge is 2.18. The van der Waals surface area contributed by atoms with Crippen LogP contribution in [0.1, 0.15) is 116 Å². The number of benzene rings is 4. The molecule has 0 aliphatic carbocycles. The maximum atomic E-state index is 13.1. The van der Waals surface area contributed by atoms with Crippen molar-refractivity contribution in [2.75, 3.05) is 76.1 Å². The lowest BCUT2D eigenvalue weighted by atomic mass is 10.1. The Bertz CT molecular complexity index is 2410. The van der Waals surface area contributed by atoms with Gasteiger partial charge < -0.3 is 50.3 Å². The molecule has 4 aliphatic rings. The van der Waals surface area contributed by atoms with E-state index in [-0.39, 0.29) is 73.4 Å². The summed E-state index contributed by atoms with van der Waals surface area (Å²) in [5, 5.41) is 11.6. The van der Waals surface area contributed by atoms with Crippen molar-refractivity contribution in [1.29, 1.82) is 0 Å². The molecule has 4 aromatic carbocycles. The van der Waals surface area contributed by atoms with Crippen LogP contribution in [-0.4, -0.2) is 132 Å². The van der Waals surface area contributed by atoms with Gasteiger partial charge in [-0.1, -0.05) is 87.8 Å². The molecular formula is C60H80N8O10. The fourth-order valence-corrected chi connectivity index (χ4v) is 8.91. The van der Waals surface area contributed by atoms with Gasteiger partial charge in [-0.3, -0.25) is 38.4 Å². The van der Waals surface area contributed by atoms with E-state index < -0.39 is 0 Å². The molecule has 4 N–H and O–H groups in total. The van der Waals surface area contributed by atoms with Crippen molar-refractivity contribution in [1.82, 2.24) is 30.2 Å². The first-order valence-corrected chi connectivity index (χ1v) is 27.5. The zero-order chi connectivity index (χ0) is 56.1. The van der Waals surface area contributed by atoms with Gasteiger partial charge >= 0.3 is 0 Å². The number of rotatable bonds is 0. The van der Waals surface area contributed by atoms with E-state index in [4.69, 9.17) is 9.47 Å². The van der Waals surface area contributed by atoms with Crippen molar-refractivity contribution in [3.63, 3.8) is 0 Å². The number of carbonyl (C=O) groups is 8. The third-order valence-electron chi connectivity index (χ3n) is 13.4. The molecule has 18 heteroatoms. The molecule has 0 aromatic heterocycles. The second kappa shape index (κ2) is 33.4. The number of ether oxygens (including phenoxy) is 2. The Morgan fingerprint density at radius 1 is 0.372 bits per heavy atom. The smallest absolute Gasteiger partial charge is 0.243 e. The minimum Gasteiger partial charge on any atom is -0.457 e. The van der Waals surface area contributed by atoms with Gasteiger partial charge in [0.05, 0.1) is 26.2 Å². The van der Waals surface area contributed by atoms with Crippen molar-refractivity contribution in [2.45, 2.75) is 118 Å². The Balaban J connectivity index is 1.13. The summed E-state index contributed by atoms with van der Waals surface area (Å²) in [5.41, 5.74) is 3.03. The fraction of sp³-hybridized carbons (Fsp3) is 0.467. The van der Waals surface area contributed by atoms with E-state index in [1.54, 1.807) is 58.3 Å².